The fourth-order valence-corrected chi connectivity index (χ4v) is 3.10. The maximum absolute atomic E-state index is 3.55. The second-order valence-electron chi connectivity index (χ2n) is 5.88. The Labute approximate surface area is 127 Å². The van der Waals surface area contributed by atoms with E-state index in [1.165, 1.54) is 30.5 Å². The van der Waals surface area contributed by atoms with Crippen molar-refractivity contribution in [3.05, 3.63) is 71.8 Å². The molecule has 1 aliphatic heterocycles. The van der Waals surface area contributed by atoms with Crippen molar-refractivity contribution in [1.82, 2.24) is 10.2 Å². The highest BCUT2D eigenvalue weighted by molar-refractivity contribution is 5.17. The zero-order valence-corrected chi connectivity index (χ0v) is 12.5. The van der Waals surface area contributed by atoms with Gasteiger partial charge >= 0.3 is 0 Å². The molecule has 2 aromatic rings. The largest absolute Gasteiger partial charge is 0.315 e. The molecular formula is C19H24N2. The van der Waals surface area contributed by atoms with Crippen molar-refractivity contribution >= 4 is 0 Å². The molecule has 1 atom stereocenters. The molecule has 0 radical (unpaired) electrons. The third-order valence-electron chi connectivity index (χ3n) is 4.24. The number of benzene rings is 2. The lowest BCUT2D eigenvalue weighted by Crippen LogP contribution is -2.45. The summed E-state index contributed by atoms with van der Waals surface area (Å²) in [5.74, 6) is 0. The summed E-state index contributed by atoms with van der Waals surface area (Å²) in [4.78, 5) is 2.62. The summed E-state index contributed by atoms with van der Waals surface area (Å²) in [7, 11) is 0. The van der Waals surface area contributed by atoms with Gasteiger partial charge in [0.2, 0.25) is 0 Å². The van der Waals surface area contributed by atoms with Crippen LogP contribution >= 0.6 is 0 Å². The van der Waals surface area contributed by atoms with Crippen LogP contribution in [0, 0.1) is 0 Å². The van der Waals surface area contributed by atoms with E-state index in [2.05, 4.69) is 70.9 Å². The summed E-state index contributed by atoms with van der Waals surface area (Å²) in [6.45, 7) is 4.34. The number of nitrogens with zero attached hydrogens (tertiary/aromatic N) is 1. The van der Waals surface area contributed by atoms with Crippen LogP contribution in [-0.2, 0) is 13.1 Å². The van der Waals surface area contributed by atoms with E-state index >= 15 is 0 Å². The van der Waals surface area contributed by atoms with Crippen molar-refractivity contribution in [1.29, 1.82) is 0 Å². The van der Waals surface area contributed by atoms with Crippen molar-refractivity contribution < 1.29 is 0 Å². The van der Waals surface area contributed by atoms with Crippen LogP contribution < -0.4 is 5.32 Å². The van der Waals surface area contributed by atoms with Crippen LogP contribution in [0.25, 0.3) is 0 Å². The monoisotopic (exact) mass is 280 g/mol. The second-order valence-corrected chi connectivity index (χ2v) is 5.88. The molecule has 0 aromatic heterocycles. The smallest absolute Gasteiger partial charge is 0.0240 e. The molecule has 3 rings (SSSR count). The Bertz CT molecular complexity index is 476. The quantitative estimate of drug-likeness (QED) is 0.902. The average molecular weight is 280 g/mol. The third-order valence-corrected chi connectivity index (χ3v) is 4.24. The summed E-state index contributed by atoms with van der Waals surface area (Å²) in [5.41, 5.74) is 2.80. The number of piperidine rings is 1. The molecule has 1 aliphatic rings. The lowest BCUT2D eigenvalue weighted by Gasteiger charge is -2.35. The first-order valence-corrected chi connectivity index (χ1v) is 7.94. The standard InChI is InChI=1S/C19H24N2/c1-3-8-17(9-4-1)15-21(19-12-7-13-20-14-19)16-18-10-5-2-6-11-18/h1-6,8-11,19-20H,7,12-16H2/t19-/m0/s1. The zero-order chi connectivity index (χ0) is 14.3. The van der Waals surface area contributed by atoms with Crippen molar-refractivity contribution in [2.45, 2.75) is 32.0 Å². The van der Waals surface area contributed by atoms with Crippen molar-refractivity contribution in [2.75, 3.05) is 13.1 Å². The van der Waals surface area contributed by atoms with E-state index in [0.717, 1.165) is 19.6 Å². The predicted octanol–water partition coefficient (Wildman–Crippen LogP) is 3.44. The van der Waals surface area contributed by atoms with E-state index < -0.39 is 0 Å². The van der Waals surface area contributed by atoms with Gasteiger partial charge in [0, 0.05) is 25.7 Å². The van der Waals surface area contributed by atoms with Crippen LogP contribution in [0.15, 0.2) is 60.7 Å². The van der Waals surface area contributed by atoms with Gasteiger partial charge in [-0.3, -0.25) is 4.90 Å². The van der Waals surface area contributed by atoms with E-state index in [-0.39, 0.29) is 0 Å². The molecule has 2 nitrogen and oxygen atoms in total. The van der Waals surface area contributed by atoms with Crippen molar-refractivity contribution in [3.63, 3.8) is 0 Å². The number of hydrogen-bond acceptors (Lipinski definition) is 2. The highest BCUT2D eigenvalue weighted by atomic mass is 15.2. The summed E-state index contributed by atoms with van der Waals surface area (Å²) in [6, 6.07) is 22.3. The molecule has 1 saturated heterocycles. The van der Waals surface area contributed by atoms with Gasteiger partial charge in [-0.1, -0.05) is 60.7 Å². The van der Waals surface area contributed by atoms with Gasteiger partial charge in [-0.2, -0.15) is 0 Å². The van der Waals surface area contributed by atoms with Gasteiger partial charge in [0.25, 0.3) is 0 Å². The number of nitrogens with one attached hydrogen (secondary N) is 1. The molecule has 0 unspecified atom stereocenters. The maximum atomic E-state index is 3.55. The van der Waals surface area contributed by atoms with Crippen molar-refractivity contribution in [3.8, 4) is 0 Å². The van der Waals surface area contributed by atoms with Gasteiger partial charge in [0.1, 0.15) is 0 Å². The summed E-state index contributed by atoms with van der Waals surface area (Å²) in [6.07, 6.45) is 2.58. The fraction of sp³-hybridized carbons (Fsp3) is 0.368. The Morgan fingerprint density at radius 1 is 0.857 bits per heavy atom. The topological polar surface area (TPSA) is 15.3 Å². The van der Waals surface area contributed by atoms with Gasteiger partial charge in [-0.15, -0.1) is 0 Å². The summed E-state index contributed by atoms with van der Waals surface area (Å²) in [5, 5.41) is 3.55. The van der Waals surface area contributed by atoms with Gasteiger partial charge in [0.15, 0.2) is 0 Å². The SMILES string of the molecule is c1ccc(CN(Cc2ccccc2)[C@H]2CCCNC2)cc1. The van der Waals surface area contributed by atoms with Crippen LogP contribution in [0.4, 0.5) is 0 Å². The molecule has 0 spiro atoms. The van der Waals surface area contributed by atoms with E-state index in [4.69, 9.17) is 0 Å². The molecule has 0 aliphatic carbocycles. The first-order chi connectivity index (χ1) is 10.4. The highest BCUT2D eigenvalue weighted by Crippen LogP contribution is 2.17. The van der Waals surface area contributed by atoms with Crippen LogP contribution in [-0.4, -0.2) is 24.0 Å². The molecule has 1 fully saturated rings. The van der Waals surface area contributed by atoms with Gasteiger partial charge in [0.05, 0.1) is 0 Å². The molecule has 1 heterocycles. The van der Waals surface area contributed by atoms with E-state index in [1.54, 1.807) is 0 Å². The fourth-order valence-electron chi connectivity index (χ4n) is 3.10. The van der Waals surface area contributed by atoms with Crippen LogP contribution in [0.3, 0.4) is 0 Å². The van der Waals surface area contributed by atoms with Gasteiger partial charge in [-0.05, 0) is 30.5 Å². The van der Waals surface area contributed by atoms with E-state index in [1.807, 2.05) is 0 Å². The first kappa shape index (κ1) is 14.3. The van der Waals surface area contributed by atoms with Crippen LogP contribution in [0.1, 0.15) is 24.0 Å². The minimum Gasteiger partial charge on any atom is -0.315 e. The molecule has 0 bridgehead atoms. The van der Waals surface area contributed by atoms with Crippen LogP contribution in [0.2, 0.25) is 0 Å². The predicted molar refractivity (Wildman–Crippen MR) is 88.0 cm³/mol. The number of hydrogen-bond donors (Lipinski definition) is 1. The third kappa shape index (κ3) is 4.16. The molecule has 0 amide bonds. The van der Waals surface area contributed by atoms with Crippen LogP contribution in [0.5, 0.6) is 0 Å². The maximum Gasteiger partial charge on any atom is 0.0240 e. The zero-order valence-electron chi connectivity index (χ0n) is 12.5. The van der Waals surface area contributed by atoms with Gasteiger partial charge < -0.3 is 5.32 Å². The molecule has 1 N–H and O–H groups in total. The first-order valence-electron chi connectivity index (χ1n) is 7.94. The minimum absolute atomic E-state index is 0.638. The molecule has 21 heavy (non-hydrogen) atoms. The normalized spacial score (nSPS) is 18.8. The van der Waals surface area contributed by atoms with E-state index in [9.17, 15) is 0 Å². The number of rotatable bonds is 5. The molecule has 0 saturated carbocycles. The summed E-state index contributed by atoms with van der Waals surface area (Å²) < 4.78 is 0. The average Bonchev–Trinajstić information content (AvgIpc) is 2.57. The Hall–Kier alpha value is -1.64. The van der Waals surface area contributed by atoms with Crippen molar-refractivity contribution in [2.24, 2.45) is 0 Å². The Balaban J connectivity index is 1.73. The second kappa shape index (κ2) is 7.39. The lowest BCUT2D eigenvalue weighted by atomic mass is 10.0. The molecular weight excluding hydrogens is 256 g/mol. The minimum atomic E-state index is 0.638. The Morgan fingerprint density at radius 3 is 1.90 bits per heavy atom. The van der Waals surface area contributed by atoms with E-state index in [0.29, 0.717) is 6.04 Å². The lowest BCUT2D eigenvalue weighted by molar-refractivity contribution is 0.149. The highest BCUT2D eigenvalue weighted by Gasteiger charge is 2.21. The Morgan fingerprint density at radius 2 is 1.43 bits per heavy atom. The summed E-state index contributed by atoms with van der Waals surface area (Å²) >= 11 is 0. The molecule has 110 valence electrons. The molecule has 2 aromatic carbocycles. The van der Waals surface area contributed by atoms with Gasteiger partial charge in [-0.25, -0.2) is 0 Å². The molecule has 2 heteroatoms. The Kier molecular flexibility index (Phi) is 5.03.